The van der Waals surface area contributed by atoms with E-state index in [1.165, 1.54) is 6.07 Å². The molecule has 2 N–H and O–H groups in total. The van der Waals surface area contributed by atoms with Crippen molar-refractivity contribution < 1.29 is 14.3 Å². The molecule has 0 atom stereocenters. The minimum Gasteiger partial charge on any atom is -0.478 e. The van der Waals surface area contributed by atoms with Gasteiger partial charge in [0.2, 0.25) is 0 Å². The van der Waals surface area contributed by atoms with Crippen LogP contribution in [0.25, 0.3) is 22.4 Å². The zero-order chi connectivity index (χ0) is 14.3. The Kier molecular flexibility index (Phi) is 3.02. The number of carbonyl (C=O) groups is 1. The number of carboxylic acids is 1. The van der Waals surface area contributed by atoms with Crippen molar-refractivity contribution >= 4 is 32.9 Å². The second kappa shape index (κ2) is 4.72. The smallest absolute Gasteiger partial charge is 0.338 e. The fourth-order valence-corrected chi connectivity index (χ4v) is 2.45. The zero-order valence-electron chi connectivity index (χ0n) is 10.0. The van der Waals surface area contributed by atoms with Crippen LogP contribution >= 0.6 is 15.9 Å². The molecule has 1 heterocycles. The Bertz CT molecular complexity index is 829. The molecule has 0 aliphatic heterocycles. The third-order valence-electron chi connectivity index (χ3n) is 2.93. The average molecular weight is 335 g/mol. The summed E-state index contributed by atoms with van der Waals surface area (Å²) in [6.07, 6.45) is 0. The molecule has 4 nitrogen and oxygen atoms in total. The van der Waals surface area contributed by atoms with E-state index in [-0.39, 0.29) is 5.56 Å². The third kappa shape index (κ3) is 2.08. The van der Waals surface area contributed by atoms with Gasteiger partial charge in [-0.15, -0.1) is 0 Å². The van der Waals surface area contributed by atoms with Gasteiger partial charge < -0.3 is 10.1 Å². The van der Waals surface area contributed by atoms with Gasteiger partial charge in [0, 0.05) is 16.1 Å². The van der Waals surface area contributed by atoms with E-state index in [9.17, 15) is 9.18 Å². The molecule has 1 aromatic heterocycles. The number of aromatic carboxylic acids is 1. The number of nitrogens with one attached hydrogen (secondary N) is 1. The predicted molar refractivity (Wildman–Crippen MR) is 76.1 cm³/mol. The molecule has 0 saturated carbocycles. The van der Waals surface area contributed by atoms with Gasteiger partial charge in [0.25, 0.3) is 0 Å². The summed E-state index contributed by atoms with van der Waals surface area (Å²) >= 11 is 3.41. The van der Waals surface area contributed by atoms with E-state index >= 15 is 0 Å². The van der Waals surface area contributed by atoms with E-state index in [4.69, 9.17) is 5.11 Å². The van der Waals surface area contributed by atoms with Gasteiger partial charge in [0.15, 0.2) is 0 Å². The third-order valence-corrected chi connectivity index (χ3v) is 3.62. The summed E-state index contributed by atoms with van der Waals surface area (Å²) < 4.78 is 14.5. The molecule has 0 radical (unpaired) electrons. The van der Waals surface area contributed by atoms with Crippen molar-refractivity contribution in [3.8, 4) is 11.4 Å². The number of hydrogen-bond acceptors (Lipinski definition) is 2. The molecule has 0 unspecified atom stereocenters. The van der Waals surface area contributed by atoms with Crippen LogP contribution in [0.2, 0.25) is 0 Å². The Labute approximate surface area is 121 Å². The standard InChI is InChI=1S/C14H8BrFN2O2/c15-9-4-2-1-3-7(9)13-17-11-5-8(14(19)20)10(16)6-12(11)18-13/h1-6H,(H,17,18)(H,19,20). The summed E-state index contributed by atoms with van der Waals surface area (Å²) in [5.74, 6) is -1.54. The van der Waals surface area contributed by atoms with E-state index in [0.29, 0.717) is 16.9 Å². The number of nitrogens with zero attached hydrogens (tertiary/aromatic N) is 1. The first-order valence-electron chi connectivity index (χ1n) is 5.73. The van der Waals surface area contributed by atoms with Crippen LogP contribution in [-0.4, -0.2) is 21.0 Å². The molecule has 0 saturated heterocycles. The van der Waals surface area contributed by atoms with E-state index in [1.54, 1.807) is 0 Å². The SMILES string of the molecule is O=C(O)c1cc2nc(-c3ccccc3Br)[nH]c2cc1F. The van der Waals surface area contributed by atoms with E-state index in [1.807, 2.05) is 24.3 Å². The van der Waals surface area contributed by atoms with Crippen LogP contribution in [0.15, 0.2) is 40.9 Å². The second-order valence-corrected chi connectivity index (χ2v) is 5.07. The topological polar surface area (TPSA) is 66.0 Å². The molecule has 0 amide bonds. The number of rotatable bonds is 2. The van der Waals surface area contributed by atoms with Crippen molar-refractivity contribution in [2.45, 2.75) is 0 Å². The lowest BCUT2D eigenvalue weighted by atomic mass is 10.2. The molecule has 3 rings (SSSR count). The Balaban J connectivity index is 2.21. The van der Waals surface area contributed by atoms with Crippen LogP contribution < -0.4 is 0 Å². The van der Waals surface area contributed by atoms with Crippen molar-refractivity contribution in [1.29, 1.82) is 0 Å². The fraction of sp³-hybridized carbons (Fsp3) is 0. The van der Waals surface area contributed by atoms with Gasteiger partial charge in [-0.2, -0.15) is 0 Å². The number of imidazole rings is 1. The van der Waals surface area contributed by atoms with Crippen molar-refractivity contribution in [3.63, 3.8) is 0 Å². The molecule has 20 heavy (non-hydrogen) atoms. The number of fused-ring (bicyclic) bond motifs is 1. The van der Waals surface area contributed by atoms with Gasteiger partial charge in [-0.3, -0.25) is 0 Å². The Hall–Kier alpha value is -2.21. The highest BCUT2D eigenvalue weighted by molar-refractivity contribution is 9.10. The zero-order valence-corrected chi connectivity index (χ0v) is 11.6. The lowest BCUT2D eigenvalue weighted by Crippen LogP contribution is -1.99. The highest BCUT2D eigenvalue weighted by Crippen LogP contribution is 2.28. The number of H-pyrrole nitrogens is 1. The number of aromatic amines is 1. The summed E-state index contributed by atoms with van der Waals surface area (Å²) in [6, 6.07) is 9.83. The van der Waals surface area contributed by atoms with Crippen LogP contribution in [0.1, 0.15) is 10.4 Å². The molecule has 2 aromatic carbocycles. The summed E-state index contributed by atoms with van der Waals surface area (Å²) in [7, 11) is 0. The molecule has 6 heteroatoms. The van der Waals surface area contributed by atoms with Crippen LogP contribution in [0, 0.1) is 5.82 Å². The average Bonchev–Trinajstić information content (AvgIpc) is 2.80. The molecule has 100 valence electrons. The number of carboxylic acid groups (broad SMARTS) is 1. The highest BCUT2D eigenvalue weighted by atomic mass is 79.9. The largest absolute Gasteiger partial charge is 0.478 e. The first-order valence-corrected chi connectivity index (χ1v) is 6.53. The lowest BCUT2D eigenvalue weighted by Gasteiger charge is -1.98. The summed E-state index contributed by atoms with van der Waals surface area (Å²) in [5, 5.41) is 8.91. The van der Waals surface area contributed by atoms with Gasteiger partial charge in [-0.25, -0.2) is 14.2 Å². The van der Waals surface area contributed by atoms with Gasteiger partial charge >= 0.3 is 5.97 Å². The predicted octanol–water partition coefficient (Wildman–Crippen LogP) is 3.83. The summed E-state index contributed by atoms with van der Waals surface area (Å²) in [6.45, 7) is 0. The van der Waals surface area contributed by atoms with E-state index < -0.39 is 11.8 Å². The van der Waals surface area contributed by atoms with Crippen LogP contribution in [0.4, 0.5) is 4.39 Å². The second-order valence-electron chi connectivity index (χ2n) is 4.22. The molecular weight excluding hydrogens is 327 g/mol. The van der Waals surface area contributed by atoms with Crippen LogP contribution in [-0.2, 0) is 0 Å². The quantitative estimate of drug-likeness (QED) is 0.748. The molecule has 0 bridgehead atoms. The Morgan fingerprint density at radius 1 is 1.30 bits per heavy atom. The van der Waals surface area contributed by atoms with E-state index in [2.05, 4.69) is 25.9 Å². The van der Waals surface area contributed by atoms with Gasteiger partial charge in [-0.05, 0) is 12.1 Å². The van der Waals surface area contributed by atoms with E-state index in [0.717, 1.165) is 16.1 Å². The van der Waals surface area contributed by atoms with Gasteiger partial charge in [0.1, 0.15) is 11.6 Å². The maximum absolute atomic E-state index is 13.6. The summed E-state index contributed by atoms with van der Waals surface area (Å²) in [4.78, 5) is 18.2. The maximum atomic E-state index is 13.6. The first-order chi connectivity index (χ1) is 9.56. The minimum atomic E-state index is -1.31. The molecular formula is C14H8BrFN2O2. The summed E-state index contributed by atoms with van der Waals surface area (Å²) in [5.41, 5.74) is 1.30. The fourth-order valence-electron chi connectivity index (χ4n) is 1.98. The first kappa shape index (κ1) is 12.8. The van der Waals surface area contributed by atoms with Crippen LogP contribution in [0.3, 0.4) is 0 Å². The number of benzene rings is 2. The molecule has 0 spiro atoms. The number of aromatic nitrogens is 2. The van der Waals surface area contributed by atoms with Gasteiger partial charge in [0.05, 0.1) is 16.6 Å². The maximum Gasteiger partial charge on any atom is 0.338 e. The lowest BCUT2D eigenvalue weighted by molar-refractivity contribution is 0.0692. The molecule has 3 aromatic rings. The number of hydrogen-bond donors (Lipinski definition) is 2. The Morgan fingerprint density at radius 2 is 2.05 bits per heavy atom. The van der Waals surface area contributed by atoms with Crippen molar-refractivity contribution in [3.05, 3.63) is 52.3 Å². The van der Waals surface area contributed by atoms with Gasteiger partial charge in [-0.1, -0.05) is 34.1 Å². The van der Waals surface area contributed by atoms with Crippen LogP contribution in [0.5, 0.6) is 0 Å². The molecule has 0 aliphatic carbocycles. The molecule has 0 fully saturated rings. The minimum absolute atomic E-state index is 0.386. The number of halogens is 2. The molecule has 0 aliphatic rings. The van der Waals surface area contributed by atoms with Crippen molar-refractivity contribution in [2.24, 2.45) is 0 Å². The highest BCUT2D eigenvalue weighted by Gasteiger charge is 2.15. The van der Waals surface area contributed by atoms with Crippen molar-refractivity contribution in [1.82, 2.24) is 9.97 Å². The monoisotopic (exact) mass is 334 g/mol. The Morgan fingerprint density at radius 3 is 2.75 bits per heavy atom. The normalized spacial score (nSPS) is 10.9. The van der Waals surface area contributed by atoms with Crippen molar-refractivity contribution in [2.75, 3.05) is 0 Å².